The monoisotopic (exact) mass is 459 g/mol. The van der Waals surface area contributed by atoms with E-state index in [2.05, 4.69) is 9.88 Å². The quantitative estimate of drug-likeness (QED) is 0.334. The fourth-order valence-electron chi connectivity index (χ4n) is 4.00. The van der Waals surface area contributed by atoms with E-state index in [9.17, 15) is 10.2 Å². The van der Waals surface area contributed by atoms with Gasteiger partial charge in [-0.2, -0.15) is 0 Å². The second kappa shape index (κ2) is 9.93. The Bertz CT molecular complexity index is 1170. The third-order valence-corrected chi connectivity index (χ3v) is 5.89. The lowest BCUT2D eigenvalue weighted by Gasteiger charge is -2.30. The topological polar surface area (TPSA) is 117 Å². The number of hydrogen-bond donors (Lipinski definition) is 4. The number of nitrogens with one attached hydrogen (secondary N) is 2. The molecule has 1 saturated heterocycles. The van der Waals surface area contributed by atoms with Gasteiger partial charge in [-0.3, -0.25) is 20.7 Å². The largest absolute Gasteiger partial charge is 0.508 e. The molecule has 4 N–H and O–H groups in total. The number of pyridine rings is 1. The number of hydrogen-bond acceptors (Lipinski definition) is 7. The van der Waals surface area contributed by atoms with Crippen LogP contribution in [0.2, 0.25) is 0 Å². The molecule has 0 bridgehead atoms. The fraction of sp³-hybridized carbons (Fsp3) is 0.269. The van der Waals surface area contributed by atoms with Gasteiger partial charge in [0.25, 0.3) is 0 Å². The Hall–Kier alpha value is -3.91. The summed E-state index contributed by atoms with van der Waals surface area (Å²) in [6.45, 7) is 6.84. The molecule has 176 valence electrons. The van der Waals surface area contributed by atoms with Crippen LogP contribution in [-0.4, -0.2) is 53.2 Å². The highest BCUT2D eigenvalue weighted by Crippen LogP contribution is 2.34. The molecule has 4 rings (SSSR count). The van der Waals surface area contributed by atoms with Crippen molar-refractivity contribution in [3.05, 3.63) is 77.6 Å². The van der Waals surface area contributed by atoms with Gasteiger partial charge in [-0.15, -0.1) is 0 Å². The molecule has 0 aliphatic carbocycles. The van der Waals surface area contributed by atoms with Crippen LogP contribution >= 0.6 is 0 Å². The maximum absolute atomic E-state index is 10.6. The Balaban J connectivity index is 1.75. The van der Waals surface area contributed by atoms with Crippen molar-refractivity contribution in [3.8, 4) is 11.5 Å². The Morgan fingerprint density at radius 1 is 1.00 bits per heavy atom. The zero-order chi connectivity index (χ0) is 24.2. The molecule has 3 aromatic rings. The average molecular weight is 460 g/mol. The van der Waals surface area contributed by atoms with Crippen LogP contribution in [0.1, 0.15) is 36.5 Å². The molecule has 2 aromatic carbocycles. The van der Waals surface area contributed by atoms with Crippen LogP contribution in [0, 0.1) is 10.8 Å². The fourth-order valence-corrected chi connectivity index (χ4v) is 4.00. The van der Waals surface area contributed by atoms with E-state index in [1.807, 2.05) is 38.1 Å². The van der Waals surface area contributed by atoms with Crippen molar-refractivity contribution in [1.82, 2.24) is 4.98 Å². The molecule has 1 aliphatic rings. The van der Waals surface area contributed by atoms with Crippen molar-refractivity contribution in [2.24, 2.45) is 0 Å². The van der Waals surface area contributed by atoms with Gasteiger partial charge in [-0.25, -0.2) is 0 Å². The van der Waals surface area contributed by atoms with Gasteiger partial charge >= 0.3 is 0 Å². The van der Waals surface area contributed by atoms with Crippen molar-refractivity contribution in [3.63, 3.8) is 0 Å². The van der Waals surface area contributed by atoms with E-state index in [1.165, 1.54) is 11.0 Å². The molecule has 0 radical (unpaired) electrons. The smallest absolute Gasteiger partial charge is 0.142 e. The van der Waals surface area contributed by atoms with E-state index in [0.717, 1.165) is 18.8 Å². The van der Waals surface area contributed by atoms with Crippen LogP contribution in [0.4, 0.5) is 11.4 Å². The Labute approximate surface area is 199 Å². The molecule has 1 aliphatic heterocycles. The molecule has 34 heavy (non-hydrogen) atoms. The summed E-state index contributed by atoms with van der Waals surface area (Å²) in [7, 11) is 0. The lowest BCUT2D eigenvalue weighted by Crippen LogP contribution is -2.38. The van der Waals surface area contributed by atoms with Crippen LogP contribution in [0.3, 0.4) is 0 Å². The minimum Gasteiger partial charge on any atom is -0.508 e. The second-order valence-electron chi connectivity index (χ2n) is 8.47. The first-order valence-corrected chi connectivity index (χ1v) is 11.2. The Kier molecular flexibility index (Phi) is 6.79. The van der Waals surface area contributed by atoms with E-state index >= 15 is 0 Å². The summed E-state index contributed by atoms with van der Waals surface area (Å²) in [4.78, 5) is 7.82. The van der Waals surface area contributed by atoms with Crippen molar-refractivity contribution < 1.29 is 14.9 Å². The molecule has 2 heterocycles. The zero-order valence-electron chi connectivity index (χ0n) is 19.3. The van der Waals surface area contributed by atoms with Crippen LogP contribution in [-0.2, 0) is 4.74 Å². The van der Waals surface area contributed by atoms with Gasteiger partial charge in [0.05, 0.1) is 18.8 Å². The van der Waals surface area contributed by atoms with Gasteiger partial charge in [-0.1, -0.05) is 13.8 Å². The SMILES string of the molecule is CC(C)c1cc(C(=N)N(C(=N)c2cccnc2)c2ccc(N3CCOCC3)cc2)c(O)cc1O. The van der Waals surface area contributed by atoms with Crippen LogP contribution in [0.25, 0.3) is 0 Å². The van der Waals surface area contributed by atoms with Crippen molar-refractivity contribution >= 4 is 23.0 Å². The number of phenols is 2. The Morgan fingerprint density at radius 3 is 2.32 bits per heavy atom. The summed E-state index contributed by atoms with van der Waals surface area (Å²) in [5, 5.41) is 38.7. The van der Waals surface area contributed by atoms with E-state index in [-0.39, 0.29) is 34.7 Å². The van der Waals surface area contributed by atoms with Crippen molar-refractivity contribution in [2.45, 2.75) is 19.8 Å². The maximum Gasteiger partial charge on any atom is 0.142 e. The standard InChI is InChI=1S/C26H29N5O3/c1-17(2)21-14-22(24(33)15-23(21)32)26(28)31(25(27)18-4-3-9-29-16-18)20-7-5-19(6-8-20)30-10-12-34-13-11-30/h3-9,14-17,27-28,32-33H,10-13H2,1-2H3. The van der Waals surface area contributed by atoms with E-state index in [0.29, 0.717) is 30.0 Å². The van der Waals surface area contributed by atoms with Gasteiger partial charge in [0.15, 0.2) is 0 Å². The van der Waals surface area contributed by atoms with Crippen LogP contribution in [0.15, 0.2) is 60.9 Å². The molecular weight excluding hydrogens is 430 g/mol. The third kappa shape index (κ3) is 4.72. The number of amidine groups is 2. The summed E-state index contributed by atoms with van der Waals surface area (Å²) in [5.74, 6) is -0.275. The van der Waals surface area contributed by atoms with E-state index in [4.69, 9.17) is 15.6 Å². The highest BCUT2D eigenvalue weighted by molar-refractivity contribution is 6.28. The van der Waals surface area contributed by atoms with Gasteiger partial charge in [-0.05, 0) is 53.9 Å². The highest BCUT2D eigenvalue weighted by atomic mass is 16.5. The normalized spacial score (nSPS) is 13.7. The first kappa shape index (κ1) is 23.3. The van der Waals surface area contributed by atoms with Gasteiger partial charge in [0.1, 0.15) is 23.2 Å². The maximum atomic E-state index is 10.6. The lowest BCUT2D eigenvalue weighted by atomic mass is 9.98. The van der Waals surface area contributed by atoms with Crippen molar-refractivity contribution in [2.75, 3.05) is 36.1 Å². The number of nitrogens with zero attached hydrogens (tertiary/aromatic N) is 3. The predicted molar refractivity (Wildman–Crippen MR) is 134 cm³/mol. The minimum absolute atomic E-state index is 0.00817. The molecule has 0 unspecified atom stereocenters. The van der Waals surface area contributed by atoms with Gasteiger partial charge < -0.3 is 19.8 Å². The summed E-state index contributed by atoms with van der Waals surface area (Å²) >= 11 is 0. The molecule has 0 saturated carbocycles. The number of morpholine rings is 1. The minimum atomic E-state index is -0.221. The van der Waals surface area contributed by atoms with E-state index in [1.54, 1.807) is 30.6 Å². The van der Waals surface area contributed by atoms with Gasteiger partial charge in [0, 0.05) is 48.5 Å². The molecule has 0 spiro atoms. The molecule has 8 heteroatoms. The summed E-state index contributed by atoms with van der Waals surface area (Å²) in [5.41, 5.74) is 3.03. The number of rotatable bonds is 5. The molecule has 0 atom stereocenters. The Morgan fingerprint density at radius 2 is 1.71 bits per heavy atom. The molecule has 1 aromatic heterocycles. The van der Waals surface area contributed by atoms with Gasteiger partial charge in [0.2, 0.25) is 0 Å². The number of anilines is 2. The number of aromatic nitrogens is 1. The van der Waals surface area contributed by atoms with Crippen LogP contribution < -0.4 is 9.80 Å². The number of ether oxygens (including phenoxy) is 1. The third-order valence-electron chi connectivity index (χ3n) is 5.89. The first-order chi connectivity index (χ1) is 16.4. The second-order valence-corrected chi connectivity index (χ2v) is 8.47. The predicted octanol–water partition coefficient (Wildman–Crippen LogP) is 4.31. The number of phenolic OH excluding ortho intramolecular Hbond substituents is 2. The summed E-state index contributed by atoms with van der Waals surface area (Å²) in [6, 6.07) is 14.0. The zero-order valence-corrected chi connectivity index (χ0v) is 19.3. The molecular formula is C26H29N5O3. The lowest BCUT2D eigenvalue weighted by molar-refractivity contribution is 0.122. The number of aromatic hydroxyl groups is 2. The molecule has 0 amide bonds. The molecule has 8 nitrogen and oxygen atoms in total. The molecule has 1 fully saturated rings. The number of benzene rings is 2. The van der Waals surface area contributed by atoms with Crippen LogP contribution in [0.5, 0.6) is 11.5 Å². The summed E-state index contributed by atoms with van der Waals surface area (Å²) in [6.07, 6.45) is 3.20. The van der Waals surface area contributed by atoms with E-state index < -0.39 is 0 Å². The summed E-state index contributed by atoms with van der Waals surface area (Å²) < 4.78 is 5.44. The average Bonchev–Trinajstić information content (AvgIpc) is 2.85. The first-order valence-electron chi connectivity index (χ1n) is 11.2. The van der Waals surface area contributed by atoms with Crippen molar-refractivity contribution in [1.29, 1.82) is 10.8 Å². The highest BCUT2D eigenvalue weighted by Gasteiger charge is 2.25.